The van der Waals surface area contributed by atoms with Gasteiger partial charge < -0.3 is 51.8 Å². The van der Waals surface area contributed by atoms with Crippen LogP contribution in [0.15, 0.2) is 66.4 Å². The lowest BCUT2D eigenvalue weighted by Gasteiger charge is -2.30. The Balaban J connectivity index is 2.66. The van der Waals surface area contributed by atoms with Gasteiger partial charge in [-0.1, -0.05) is 109 Å². The molecule has 8 N–H and O–H groups in total. The predicted molar refractivity (Wildman–Crippen MR) is 249 cm³/mol. The van der Waals surface area contributed by atoms with Crippen LogP contribution >= 0.6 is 0 Å². The number of methoxy groups -OCH3 is 1. The van der Waals surface area contributed by atoms with E-state index in [2.05, 4.69) is 38.5 Å². The molecule has 1 aliphatic heterocycles. The molecule has 1 heterocycles. The summed E-state index contributed by atoms with van der Waals surface area (Å²) >= 11 is 0. The fourth-order valence-electron chi connectivity index (χ4n) is 7.19. The molecule has 10 atom stereocenters. The lowest BCUT2D eigenvalue weighted by molar-refractivity contribution is -0.147. The summed E-state index contributed by atoms with van der Waals surface area (Å²) < 4.78 is 5.80. The molecular weight excluding hydrogens is 867 g/mol. The minimum absolute atomic E-state index is 0.0315. The molecule has 1 aromatic carbocycles. The van der Waals surface area contributed by atoms with E-state index in [1.807, 2.05) is 50.3 Å². The van der Waals surface area contributed by atoms with Crippen molar-refractivity contribution in [2.75, 3.05) is 14.2 Å². The van der Waals surface area contributed by atoms with Crippen LogP contribution in [0.4, 0.5) is 0 Å². The summed E-state index contributed by atoms with van der Waals surface area (Å²) in [6, 6.07) is 1.35. The highest BCUT2D eigenvalue weighted by Crippen LogP contribution is 2.19. The highest BCUT2D eigenvalue weighted by molar-refractivity contribution is 6.00. The van der Waals surface area contributed by atoms with Crippen molar-refractivity contribution in [2.45, 2.75) is 130 Å². The number of nitrogens with one attached hydrogen (secondary N) is 6. The first-order valence-electron chi connectivity index (χ1n) is 22.5. The van der Waals surface area contributed by atoms with Crippen LogP contribution in [0.5, 0.6) is 0 Å². The third-order valence-corrected chi connectivity index (χ3v) is 11.6. The van der Waals surface area contributed by atoms with Gasteiger partial charge in [0.1, 0.15) is 35.9 Å². The molecule has 0 radical (unpaired) electrons. The summed E-state index contributed by atoms with van der Waals surface area (Å²) in [7, 11) is 2.84. The van der Waals surface area contributed by atoms with Gasteiger partial charge in [-0.15, -0.1) is 0 Å². The number of aliphatic carboxylic acids is 2. The number of carboxylic acid groups (broad SMARTS) is 2. The third-order valence-electron chi connectivity index (χ3n) is 11.6. The molecule has 2 rings (SSSR count). The van der Waals surface area contributed by atoms with Gasteiger partial charge in [0.2, 0.25) is 35.4 Å². The summed E-state index contributed by atoms with van der Waals surface area (Å²) in [6.45, 7) is 18.2. The van der Waals surface area contributed by atoms with Crippen molar-refractivity contribution in [3.8, 4) is 0 Å². The van der Waals surface area contributed by atoms with Crippen LogP contribution in [-0.2, 0) is 54.3 Å². The quantitative estimate of drug-likeness (QED) is 0.111. The monoisotopic (exact) mass is 938 g/mol. The van der Waals surface area contributed by atoms with E-state index in [0.717, 1.165) is 16.0 Å². The van der Waals surface area contributed by atoms with Crippen molar-refractivity contribution in [2.24, 2.45) is 29.6 Å². The number of carbonyl (C=O) groups excluding carboxylic acids is 7. The summed E-state index contributed by atoms with van der Waals surface area (Å²) in [5.41, 5.74) is 1.42. The first-order chi connectivity index (χ1) is 31.3. The summed E-state index contributed by atoms with van der Waals surface area (Å²) in [6.07, 6.45) is 4.81. The zero-order valence-corrected chi connectivity index (χ0v) is 40.5. The standard InChI is InChI=1S/C48H71N7O12/c1-25(2)22-36-45(61)54-40(48(65)66)30(8)42(58)53-39(26(3)4)46(62)50-34(19-18-27(5)23-28(6)37(67-12)24-33-16-14-13-15-17-33)29(7)41(57)51-35(47(63)64)20-21-38(56)55(11)32(10)44(60)49-31(9)43(59)52-36/h13-19,23,25-26,28-31,34-37,39-40H,10,20-22,24H2,1-9,11-12H3,(H,49,60)(H,50,62)(H,51,57)(H,52,59)(H,53,58)(H,54,61)(H,63,64)(H,65,66). The van der Waals surface area contributed by atoms with E-state index in [9.17, 15) is 53.4 Å². The zero-order chi connectivity index (χ0) is 50.9. The second-order valence-corrected chi connectivity index (χ2v) is 18.0. The first-order valence-corrected chi connectivity index (χ1v) is 22.5. The molecule has 1 aliphatic rings. The van der Waals surface area contributed by atoms with E-state index in [0.29, 0.717) is 6.42 Å². The molecule has 0 spiro atoms. The molecule has 370 valence electrons. The number of benzene rings is 1. The number of carbonyl (C=O) groups is 9. The van der Waals surface area contributed by atoms with Crippen molar-refractivity contribution >= 4 is 53.3 Å². The average molecular weight is 938 g/mol. The molecule has 0 aliphatic carbocycles. The molecule has 10 unspecified atom stereocenters. The van der Waals surface area contributed by atoms with Crippen molar-refractivity contribution in [1.29, 1.82) is 0 Å². The molecule has 67 heavy (non-hydrogen) atoms. The minimum Gasteiger partial charge on any atom is -0.480 e. The topological polar surface area (TPSA) is 279 Å². The van der Waals surface area contributed by atoms with E-state index >= 15 is 0 Å². The third kappa shape index (κ3) is 17.7. The highest BCUT2D eigenvalue weighted by Gasteiger charge is 2.38. The Morgan fingerprint density at radius 2 is 1.42 bits per heavy atom. The second kappa shape index (κ2) is 26.7. The molecule has 7 amide bonds. The van der Waals surface area contributed by atoms with E-state index in [1.54, 1.807) is 47.0 Å². The Bertz CT molecular complexity index is 2020. The van der Waals surface area contributed by atoms with Crippen molar-refractivity contribution in [3.05, 3.63) is 72.0 Å². The van der Waals surface area contributed by atoms with Gasteiger partial charge in [0.05, 0.1) is 24.0 Å². The fourth-order valence-corrected chi connectivity index (χ4v) is 7.19. The highest BCUT2D eigenvalue weighted by atomic mass is 16.5. The second-order valence-electron chi connectivity index (χ2n) is 18.0. The number of hydrogen-bond acceptors (Lipinski definition) is 10. The Morgan fingerprint density at radius 1 is 0.806 bits per heavy atom. The summed E-state index contributed by atoms with van der Waals surface area (Å²) in [5, 5.41) is 35.4. The van der Waals surface area contributed by atoms with E-state index in [4.69, 9.17) is 4.74 Å². The number of rotatable bonds is 12. The fraction of sp³-hybridized carbons (Fsp3) is 0.562. The van der Waals surface area contributed by atoms with Crippen molar-refractivity contribution < 1.29 is 58.1 Å². The Kier molecular flexibility index (Phi) is 22.6. The maximum Gasteiger partial charge on any atom is 0.327 e. The van der Waals surface area contributed by atoms with Gasteiger partial charge in [-0.05, 0) is 50.5 Å². The van der Waals surface area contributed by atoms with Gasteiger partial charge in [-0.25, -0.2) is 9.59 Å². The maximum atomic E-state index is 14.2. The maximum absolute atomic E-state index is 14.2. The Labute approximate surface area is 393 Å². The molecular formula is C48H71N7O12. The van der Waals surface area contributed by atoms with Crippen LogP contribution in [-0.4, -0.2) is 125 Å². The number of allylic oxidation sites excluding steroid dienone is 2. The predicted octanol–water partition coefficient (Wildman–Crippen LogP) is 2.22. The number of hydrogen-bond donors (Lipinski definition) is 8. The number of likely N-dealkylation sites (N-methyl/N-ethyl adjacent to an activating group) is 1. The average Bonchev–Trinajstić information content (AvgIpc) is 3.26. The van der Waals surface area contributed by atoms with Crippen LogP contribution in [0, 0.1) is 29.6 Å². The molecule has 0 bridgehead atoms. The Morgan fingerprint density at radius 3 is 1.97 bits per heavy atom. The van der Waals surface area contributed by atoms with Crippen LogP contribution in [0.25, 0.3) is 0 Å². The summed E-state index contributed by atoms with van der Waals surface area (Å²) in [5.74, 6) is -12.5. The summed E-state index contributed by atoms with van der Waals surface area (Å²) in [4.78, 5) is 121. The molecule has 1 aromatic rings. The van der Waals surface area contributed by atoms with Crippen molar-refractivity contribution in [3.63, 3.8) is 0 Å². The lowest BCUT2D eigenvalue weighted by atomic mass is 9.94. The van der Waals surface area contributed by atoms with Gasteiger partial charge in [0.25, 0.3) is 5.91 Å². The number of amides is 7. The van der Waals surface area contributed by atoms with Crippen LogP contribution < -0.4 is 31.9 Å². The van der Waals surface area contributed by atoms with Crippen LogP contribution in [0.2, 0.25) is 0 Å². The Hall–Kier alpha value is -6.37. The molecule has 0 aromatic heterocycles. The number of carboxylic acids is 2. The zero-order valence-electron chi connectivity index (χ0n) is 40.5. The van der Waals surface area contributed by atoms with E-state index in [-0.39, 0.29) is 24.4 Å². The SMILES string of the molecule is C=C1C(=O)NC(C)C(=O)NC(CC(C)C)C(=O)NC(C(=O)O)C(C)C(=O)NC(C(C)C)C(=O)NC(C=CC(C)=CC(C)C(Cc2ccccc2)OC)C(C)C(=O)NC(C(=O)O)CCC(=O)N1C. The number of nitrogens with zero attached hydrogens (tertiary/aromatic N) is 1. The molecule has 1 saturated heterocycles. The smallest absolute Gasteiger partial charge is 0.327 e. The van der Waals surface area contributed by atoms with Crippen molar-refractivity contribution in [1.82, 2.24) is 36.8 Å². The number of ether oxygens (including phenoxy) is 1. The molecule has 0 saturated carbocycles. The van der Waals surface area contributed by atoms with Gasteiger partial charge in [0, 0.05) is 26.5 Å². The van der Waals surface area contributed by atoms with Gasteiger partial charge in [-0.3, -0.25) is 33.6 Å². The van der Waals surface area contributed by atoms with Crippen LogP contribution in [0.1, 0.15) is 87.1 Å². The first kappa shape index (κ1) is 56.8. The molecule has 19 heteroatoms. The minimum atomic E-state index is -1.83. The van der Waals surface area contributed by atoms with Crippen LogP contribution in [0.3, 0.4) is 0 Å². The van der Waals surface area contributed by atoms with Gasteiger partial charge in [-0.2, -0.15) is 0 Å². The largest absolute Gasteiger partial charge is 0.480 e. The lowest BCUT2D eigenvalue weighted by Crippen LogP contribution is -2.59. The van der Waals surface area contributed by atoms with Gasteiger partial charge >= 0.3 is 11.9 Å². The van der Waals surface area contributed by atoms with E-state index < -0.39 is 126 Å². The molecule has 1 fully saturated rings. The van der Waals surface area contributed by atoms with E-state index in [1.165, 1.54) is 27.8 Å². The normalized spacial score (nSPS) is 26.3. The van der Waals surface area contributed by atoms with Gasteiger partial charge in [0.15, 0.2) is 0 Å². The molecule has 19 nitrogen and oxygen atoms in total.